The van der Waals surface area contributed by atoms with Crippen LogP contribution in [0.5, 0.6) is 0 Å². The van der Waals surface area contributed by atoms with Crippen LogP contribution in [0.15, 0.2) is 75.0 Å². The largest absolute Gasteiger partial charge is 0.420 e. The van der Waals surface area contributed by atoms with Gasteiger partial charge in [0.05, 0.1) is 39.6 Å². The number of carbonyl (C=O) groups is 1. The minimum atomic E-state index is -0.619. The van der Waals surface area contributed by atoms with Gasteiger partial charge >= 0.3 is 5.76 Å². The van der Waals surface area contributed by atoms with Gasteiger partial charge in [-0.15, -0.1) is 0 Å². The van der Waals surface area contributed by atoms with Gasteiger partial charge in [-0.05, 0) is 105 Å². The minimum Gasteiger partial charge on any atom is -0.408 e. The lowest BCUT2D eigenvalue weighted by molar-refractivity contribution is -0.127. The molecule has 0 saturated carbocycles. The number of nitrogens with zero attached hydrogens (tertiary/aromatic N) is 4. The van der Waals surface area contributed by atoms with E-state index < -0.39 is 23.0 Å². The molecule has 4 aromatic rings. The fourth-order valence-electron chi connectivity index (χ4n) is 8.19. The Kier molecular flexibility index (Phi) is 7.75. The van der Waals surface area contributed by atoms with Crippen LogP contribution in [0.2, 0.25) is 5.02 Å². The topological polar surface area (TPSA) is 102 Å². The molecule has 0 aliphatic carbocycles. The van der Waals surface area contributed by atoms with Gasteiger partial charge in [0.2, 0.25) is 0 Å². The van der Waals surface area contributed by atoms with Gasteiger partial charge in [-0.1, -0.05) is 17.7 Å². The molecule has 1 N–H and O–H groups in total. The highest BCUT2D eigenvalue weighted by Gasteiger charge is 2.55. The summed E-state index contributed by atoms with van der Waals surface area (Å²) >= 11 is 5.90. The lowest BCUT2D eigenvalue weighted by Gasteiger charge is -2.36. The number of oxazole rings is 1. The SMILES string of the molecule is Cc1cc(C2=C(CCC3CCOCC3)NC3=C(C(=O)N4CCC[C@@]34C)C2c2ccc3c(c2)oc(=O)n3Cc2ncc(Cl)cc2F)ccn1. The number of ether oxygens (including phenoxy) is 1. The van der Waals surface area contributed by atoms with E-state index in [4.69, 9.17) is 20.8 Å². The molecule has 0 radical (unpaired) electrons. The highest BCUT2D eigenvalue weighted by Crippen LogP contribution is 2.53. The molecule has 8 rings (SSSR count). The van der Waals surface area contributed by atoms with Crippen molar-refractivity contribution in [3.63, 3.8) is 0 Å². The summed E-state index contributed by atoms with van der Waals surface area (Å²) in [6.45, 7) is 6.33. The van der Waals surface area contributed by atoms with Crippen LogP contribution in [0, 0.1) is 18.7 Å². The summed E-state index contributed by atoms with van der Waals surface area (Å²) in [5.74, 6) is -1.02. The monoisotopic (exact) mass is 669 g/mol. The molecule has 4 aliphatic rings. The lowest BCUT2D eigenvalue weighted by atomic mass is 9.75. The molecule has 3 aromatic heterocycles. The third-order valence-corrected chi connectivity index (χ3v) is 10.9. The Labute approximate surface area is 282 Å². The number of dihydropyridines is 1. The van der Waals surface area contributed by atoms with Gasteiger partial charge < -0.3 is 19.4 Å². The number of allylic oxidation sites excluding steroid dienone is 2. The predicted octanol–water partition coefficient (Wildman–Crippen LogP) is 6.49. The first-order valence-electron chi connectivity index (χ1n) is 16.7. The van der Waals surface area contributed by atoms with Crippen molar-refractivity contribution in [3.8, 4) is 0 Å². The molecule has 7 heterocycles. The molecule has 2 fully saturated rings. The highest BCUT2D eigenvalue weighted by molar-refractivity contribution is 6.30. The molecule has 48 heavy (non-hydrogen) atoms. The highest BCUT2D eigenvalue weighted by atomic mass is 35.5. The Morgan fingerprint density at radius 1 is 1.10 bits per heavy atom. The van der Waals surface area contributed by atoms with Crippen molar-refractivity contribution in [2.45, 2.75) is 70.4 Å². The summed E-state index contributed by atoms with van der Waals surface area (Å²) in [6.07, 6.45) is 8.93. The normalized spacial score (nSPS) is 22.9. The Bertz CT molecular complexity index is 2080. The average molecular weight is 670 g/mol. The van der Waals surface area contributed by atoms with E-state index in [1.54, 1.807) is 0 Å². The summed E-state index contributed by atoms with van der Waals surface area (Å²) in [4.78, 5) is 38.1. The zero-order valence-electron chi connectivity index (χ0n) is 27.0. The summed E-state index contributed by atoms with van der Waals surface area (Å²) < 4.78 is 27.5. The molecule has 1 aromatic carbocycles. The number of aromatic nitrogens is 3. The maximum Gasteiger partial charge on any atom is 0.420 e. The summed E-state index contributed by atoms with van der Waals surface area (Å²) in [5.41, 5.74) is 7.15. The molecule has 1 amide bonds. The number of benzene rings is 1. The first-order chi connectivity index (χ1) is 23.2. The molecule has 9 nitrogen and oxygen atoms in total. The van der Waals surface area contributed by atoms with Gasteiger partial charge in [0.25, 0.3) is 5.91 Å². The number of carbonyl (C=O) groups excluding carboxylic acids is 1. The maximum atomic E-state index is 14.7. The fourth-order valence-corrected chi connectivity index (χ4v) is 8.33. The van der Waals surface area contributed by atoms with Crippen LogP contribution in [0.4, 0.5) is 4.39 Å². The molecule has 0 spiro atoms. The average Bonchev–Trinajstić information content (AvgIpc) is 3.69. The number of hydrogen-bond donors (Lipinski definition) is 1. The maximum absolute atomic E-state index is 14.7. The van der Waals surface area contributed by atoms with Gasteiger partial charge in [-0.25, -0.2) is 9.18 Å². The number of amides is 1. The Morgan fingerprint density at radius 2 is 1.94 bits per heavy atom. The van der Waals surface area contributed by atoms with Crippen LogP contribution in [-0.2, 0) is 16.1 Å². The van der Waals surface area contributed by atoms with Crippen LogP contribution in [0.1, 0.15) is 73.9 Å². The Morgan fingerprint density at radius 3 is 2.73 bits per heavy atom. The first kappa shape index (κ1) is 31.0. The number of aryl methyl sites for hydroxylation is 1. The molecule has 11 heteroatoms. The van der Waals surface area contributed by atoms with Crippen LogP contribution in [-0.4, -0.2) is 50.6 Å². The van der Waals surface area contributed by atoms with E-state index in [0.717, 1.165) is 91.1 Å². The van der Waals surface area contributed by atoms with E-state index in [1.807, 2.05) is 42.3 Å². The Balaban J connectivity index is 1.28. The van der Waals surface area contributed by atoms with Crippen molar-refractivity contribution in [1.82, 2.24) is 24.8 Å². The van der Waals surface area contributed by atoms with Crippen LogP contribution < -0.4 is 11.1 Å². The van der Waals surface area contributed by atoms with Gasteiger partial charge in [-0.2, -0.15) is 0 Å². The summed E-state index contributed by atoms with van der Waals surface area (Å²) in [7, 11) is 0. The molecule has 2 saturated heterocycles. The van der Waals surface area contributed by atoms with E-state index >= 15 is 0 Å². The van der Waals surface area contributed by atoms with E-state index in [1.165, 1.54) is 16.8 Å². The molecule has 248 valence electrons. The van der Waals surface area contributed by atoms with Gasteiger partial charge in [-0.3, -0.25) is 19.3 Å². The van der Waals surface area contributed by atoms with Crippen molar-refractivity contribution < 1.29 is 18.3 Å². The van der Waals surface area contributed by atoms with Crippen LogP contribution in [0.3, 0.4) is 0 Å². The number of rotatable bonds is 7. The quantitative estimate of drug-likeness (QED) is 0.240. The molecule has 1 unspecified atom stereocenters. The van der Waals surface area contributed by atoms with Crippen molar-refractivity contribution in [2.75, 3.05) is 19.8 Å². The molecular formula is C37H37ClFN5O4. The second kappa shape index (κ2) is 12.0. The van der Waals surface area contributed by atoms with Gasteiger partial charge in [0, 0.05) is 49.5 Å². The predicted molar refractivity (Wildman–Crippen MR) is 180 cm³/mol. The lowest BCUT2D eigenvalue weighted by Crippen LogP contribution is -2.43. The number of fused-ring (bicyclic) bond motifs is 3. The number of pyridine rings is 2. The van der Waals surface area contributed by atoms with E-state index in [-0.39, 0.29) is 23.2 Å². The number of nitrogens with one attached hydrogen (secondary N) is 1. The first-order valence-corrected chi connectivity index (χ1v) is 17.1. The van der Waals surface area contributed by atoms with Gasteiger partial charge in [0.1, 0.15) is 5.82 Å². The number of halogens is 2. The second-order valence-corrected chi connectivity index (χ2v) is 14.1. The molecule has 0 bridgehead atoms. The zero-order chi connectivity index (χ0) is 33.2. The van der Waals surface area contributed by atoms with Crippen molar-refractivity contribution >= 4 is 34.2 Å². The molecule has 4 aliphatic heterocycles. The zero-order valence-corrected chi connectivity index (χ0v) is 27.8. The summed E-state index contributed by atoms with van der Waals surface area (Å²) in [5, 5.41) is 4.05. The molecular weight excluding hydrogens is 633 g/mol. The molecule has 2 atom stereocenters. The van der Waals surface area contributed by atoms with Crippen molar-refractivity contribution in [1.29, 1.82) is 0 Å². The third kappa shape index (κ3) is 5.17. The van der Waals surface area contributed by atoms with Gasteiger partial charge in [0.15, 0.2) is 5.58 Å². The third-order valence-electron chi connectivity index (χ3n) is 10.7. The number of hydrogen-bond acceptors (Lipinski definition) is 7. The second-order valence-electron chi connectivity index (χ2n) is 13.6. The van der Waals surface area contributed by atoms with E-state index in [2.05, 4.69) is 28.3 Å². The standard InChI is InChI=1S/C37H37ClFN5O4/c1-21-16-24(8-12-40-21)31-27(6-4-22-9-14-47-15-10-22)42-34-33(35(45)44-13-3-11-37(34,44)2)32(31)23-5-7-29-30(17-23)48-36(46)43(29)20-28-26(39)18-25(38)19-41-28/h5,7-8,12,16-19,22,32,42H,3-4,6,9-11,13-15,20H2,1-2H3/t32?,37-/m0/s1. The minimum absolute atomic E-state index is 0.0395. The van der Waals surface area contributed by atoms with Crippen molar-refractivity contribution in [3.05, 3.63) is 110 Å². The fraction of sp³-hybridized carbons (Fsp3) is 0.405. The smallest absolute Gasteiger partial charge is 0.408 e. The van der Waals surface area contributed by atoms with Crippen LogP contribution >= 0.6 is 11.6 Å². The summed E-state index contributed by atoms with van der Waals surface area (Å²) in [6, 6.07) is 10.9. The van der Waals surface area contributed by atoms with E-state index in [9.17, 15) is 14.0 Å². The Hall–Kier alpha value is -4.28. The van der Waals surface area contributed by atoms with E-state index in [0.29, 0.717) is 23.6 Å². The van der Waals surface area contributed by atoms with Crippen molar-refractivity contribution in [2.24, 2.45) is 5.92 Å². The van der Waals surface area contributed by atoms with Crippen LogP contribution in [0.25, 0.3) is 16.7 Å².